The van der Waals surface area contributed by atoms with Crippen LogP contribution in [0, 0.1) is 12.8 Å². The Morgan fingerprint density at radius 1 is 1.20 bits per heavy atom. The van der Waals surface area contributed by atoms with E-state index in [1.807, 2.05) is 67.3 Å². The highest BCUT2D eigenvalue weighted by Crippen LogP contribution is 2.30. The Kier molecular flexibility index (Phi) is 6.95. The van der Waals surface area contributed by atoms with Crippen LogP contribution in [0.3, 0.4) is 0 Å². The maximum Gasteiger partial charge on any atom is 0.254 e. The van der Waals surface area contributed by atoms with E-state index < -0.39 is 0 Å². The lowest BCUT2D eigenvalue weighted by molar-refractivity contribution is 0.0661. The molecule has 1 amide bonds. The third-order valence-corrected chi connectivity index (χ3v) is 5.72. The maximum atomic E-state index is 13.3. The van der Waals surface area contributed by atoms with E-state index in [2.05, 4.69) is 4.98 Å². The molecule has 2 N–H and O–H groups in total. The second-order valence-corrected chi connectivity index (χ2v) is 7.95. The summed E-state index contributed by atoms with van der Waals surface area (Å²) < 4.78 is 6.03. The van der Waals surface area contributed by atoms with Gasteiger partial charge in [0.15, 0.2) is 5.76 Å². The first-order valence-corrected chi connectivity index (χ1v) is 10.2. The number of carbonyl (C=O) groups is 1. The number of aryl methyl sites for hydroxylation is 1. The van der Waals surface area contributed by atoms with Crippen molar-refractivity contribution in [3.63, 3.8) is 0 Å². The second kappa shape index (κ2) is 9.45. The molecule has 1 aliphatic heterocycles. The quantitative estimate of drug-likeness (QED) is 0.642. The Balaban J connectivity index is 0.00000256. The molecular weight excluding hydrogens is 398 g/mol. The summed E-state index contributed by atoms with van der Waals surface area (Å²) >= 11 is 0. The predicted molar refractivity (Wildman–Crippen MR) is 122 cm³/mol. The van der Waals surface area contributed by atoms with Gasteiger partial charge < -0.3 is 15.1 Å². The Bertz CT molecular complexity index is 998. The molecule has 1 fully saturated rings. The number of halogens is 1. The first kappa shape index (κ1) is 22.1. The maximum absolute atomic E-state index is 13.3. The smallest absolute Gasteiger partial charge is 0.254 e. The van der Waals surface area contributed by atoms with Crippen molar-refractivity contribution in [2.24, 2.45) is 11.7 Å². The lowest BCUT2D eigenvalue weighted by atomic mass is 9.91. The van der Waals surface area contributed by atoms with Crippen LogP contribution in [0.5, 0.6) is 0 Å². The fourth-order valence-corrected chi connectivity index (χ4v) is 3.90. The molecule has 0 aliphatic carbocycles. The third kappa shape index (κ3) is 4.58. The van der Waals surface area contributed by atoms with Gasteiger partial charge in [-0.05, 0) is 44.7 Å². The molecule has 1 saturated heterocycles. The zero-order chi connectivity index (χ0) is 20.4. The lowest BCUT2D eigenvalue weighted by Gasteiger charge is -2.34. The van der Waals surface area contributed by atoms with Crippen molar-refractivity contribution < 1.29 is 9.21 Å². The molecule has 6 heteroatoms. The molecule has 2 heterocycles. The van der Waals surface area contributed by atoms with Crippen LogP contribution in [0.1, 0.15) is 35.7 Å². The number of carbonyl (C=O) groups excluding carboxylic acids is 1. The largest absolute Gasteiger partial charge is 0.436 e. The molecule has 2 aromatic carbocycles. The Labute approximate surface area is 183 Å². The Hall–Kier alpha value is -2.63. The number of nitrogens with zero attached hydrogens (tertiary/aromatic N) is 2. The average Bonchev–Trinajstić information content (AvgIpc) is 3.24. The summed E-state index contributed by atoms with van der Waals surface area (Å²) in [6, 6.07) is 15.7. The minimum atomic E-state index is 0. The zero-order valence-corrected chi connectivity index (χ0v) is 18.2. The minimum Gasteiger partial charge on any atom is -0.436 e. The number of amides is 1. The van der Waals surface area contributed by atoms with Gasteiger partial charge in [0.05, 0.1) is 11.8 Å². The van der Waals surface area contributed by atoms with Crippen LogP contribution in [0.25, 0.3) is 22.8 Å². The first-order valence-electron chi connectivity index (χ1n) is 10.2. The highest BCUT2D eigenvalue weighted by Gasteiger charge is 2.28. The van der Waals surface area contributed by atoms with Crippen LogP contribution >= 0.6 is 12.4 Å². The molecule has 0 spiro atoms. The summed E-state index contributed by atoms with van der Waals surface area (Å²) in [4.78, 5) is 19.7. The summed E-state index contributed by atoms with van der Waals surface area (Å²) in [6.07, 6.45) is 3.77. The van der Waals surface area contributed by atoms with Gasteiger partial charge in [-0.15, -0.1) is 12.4 Å². The fraction of sp³-hybridized carbons (Fsp3) is 0.333. The van der Waals surface area contributed by atoms with E-state index in [-0.39, 0.29) is 24.4 Å². The van der Waals surface area contributed by atoms with Crippen molar-refractivity contribution in [3.8, 4) is 22.8 Å². The number of oxazole rings is 1. The topological polar surface area (TPSA) is 72.4 Å². The van der Waals surface area contributed by atoms with Crippen molar-refractivity contribution in [2.45, 2.75) is 32.7 Å². The number of piperidine rings is 1. The lowest BCUT2D eigenvalue weighted by Crippen LogP contribution is -2.45. The van der Waals surface area contributed by atoms with Crippen LogP contribution in [0.4, 0.5) is 0 Å². The first-order chi connectivity index (χ1) is 14.0. The number of aromatic nitrogens is 1. The second-order valence-electron chi connectivity index (χ2n) is 7.95. The number of rotatable bonds is 4. The number of nitrogens with two attached hydrogens (primary N) is 1. The van der Waals surface area contributed by atoms with Crippen LogP contribution < -0.4 is 5.73 Å². The van der Waals surface area contributed by atoms with Gasteiger partial charge in [0.2, 0.25) is 5.89 Å². The van der Waals surface area contributed by atoms with E-state index in [0.717, 1.165) is 30.5 Å². The van der Waals surface area contributed by atoms with Crippen molar-refractivity contribution in [1.29, 1.82) is 0 Å². The molecule has 2 atom stereocenters. The van der Waals surface area contributed by atoms with E-state index in [0.29, 0.717) is 29.7 Å². The van der Waals surface area contributed by atoms with Gasteiger partial charge in [-0.3, -0.25) is 4.79 Å². The number of hydrogen-bond donors (Lipinski definition) is 1. The highest BCUT2D eigenvalue weighted by molar-refractivity contribution is 6.00. The van der Waals surface area contributed by atoms with Gasteiger partial charge in [0.1, 0.15) is 0 Å². The summed E-state index contributed by atoms with van der Waals surface area (Å²) in [6.45, 7) is 5.53. The van der Waals surface area contributed by atoms with Crippen molar-refractivity contribution in [1.82, 2.24) is 9.88 Å². The molecule has 2 unspecified atom stereocenters. The average molecular weight is 426 g/mol. The Morgan fingerprint density at radius 3 is 2.67 bits per heavy atom. The summed E-state index contributed by atoms with van der Waals surface area (Å²) in [5.41, 5.74) is 9.59. The summed E-state index contributed by atoms with van der Waals surface area (Å²) in [7, 11) is 0. The van der Waals surface area contributed by atoms with E-state index in [9.17, 15) is 4.79 Å². The van der Waals surface area contributed by atoms with E-state index in [1.54, 1.807) is 6.20 Å². The molecule has 0 saturated carbocycles. The van der Waals surface area contributed by atoms with Crippen molar-refractivity contribution in [3.05, 3.63) is 65.9 Å². The van der Waals surface area contributed by atoms with Crippen molar-refractivity contribution in [2.75, 3.05) is 13.1 Å². The summed E-state index contributed by atoms with van der Waals surface area (Å²) in [5.74, 6) is 1.51. The van der Waals surface area contributed by atoms with E-state index in [1.165, 1.54) is 5.56 Å². The fourth-order valence-electron chi connectivity index (χ4n) is 3.90. The van der Waals surface area contributed by atoms with Crippen LogP contribution in [0.15, 0.2) is 59.1 Å². The molecule has 5 nitrogen and oxygen atoms in total. The molecule has 1 aromatic heterocycles. The van der Waals surface area contributed by atoms with Gasteiger partial charge in [0, 0.05) is 30.3 Å². The van der Waals surface area contributed by atoms with Gasteiger partial charge in [-0.2, -0.15) is 0 Å². The van der Waals surface area contributed by atoms with Gasteiger partial charge in [0.25, 0.3) is 5.91 Å². The molecule has 3 aromatic rings. The molecule has 0 bridgehead atoms. The SMILES string of the molecule is Cc1ccc(-c2cnc(-c3ccccc3C(=O)N3CCCC(C(C)N)C3)o2)cc1.Cl. The molecule has 4 rings (SSSR count). The normalized spacial score (nSPS) is 17.3. The molecule has 0 radical (unpaired) electrons. The number of benzene rings is 2. The van der Waals surface area contributed by atoms with Crippen molar-refractivity contribution >= 4 is 18.3 Å². The molecule has 30 heavy (non-hydrogen) atoms. The van der Waals surface area contributed by atoms with Gasteiger partial charge in [-0.25, -0.2) is 4.98 Å². The highest BCUT2D eigenvalue weighted by atomic mass is 35.5. The van der Waals surface area contributed by atoms with E-state index in [4.69, 9.17) is 10.2 Å². The van der Waals surface area contributed by atoms with E-state index >= 15 is 0 Å². The molecular formula is C24H28ClN3O2. The minimum absolute atomic E-state index is 0. The van der Waals surface area contributed by atoms with Crippen LogP contribution in [-0.4, -0.2) is 34.9 Å². The summed E-state index contributed by atoms with van der Waals surface area (Å²) in [5, 5.41) is 0. The number of hydrogen-bond acceptors (Lipinski definition) is 4. The molecule has 1 aliphatic rings. The van der Waals surface area contributed by atoms with Gasteiger partial charge >= 0.3 is 0 Å². The molecule has 158 valence electrons. The van der Waals surface area contributed by atoms with Crippen LogP contribution in [0.2, 0.25) is 0 Å². The van der Waals surface area contributed by atoms with Crippen LogP contribution in [-0.2, 0) is 0 Å². The van der Waals surface area contributed by atoms with Gasteiger partial charge in [-0.1, -0.05) is 42.0 Å². The predicted octanol–water partition coefficient (Wildman–Crippen LogP) is 4.94. The third-order valence-electron chi connectivity index (χ3n) is 5.72. The number of likely N-dealkylation sites (tertiary alicyclic amines) is 1. The standard InChI is InChI=1S/C24H27N3O2.ClH/c1-16-9-11-18(12-10-16)22-14-26-23(29-22)20-7-3-4-8-21(20)24(28)27-13-5-6-19(15-27)17(2)25;/h3-4,7-12,14,17,19H,5-6,13,15,25H2,1-2H3;1H. The Morgan fingerprint density at radius 2 is 1.93 bits per heavy atom. The zero-order valence-electron chi connectivity index (χ0n) is 17.4. The monoisotopic (exact) mass is 425 g/mol.